The van der Waals surface area contributed by atoms with E-state index < -0.39 is 0 Å². The van der Waals surface area contributed by atoms with Crippen LogP contribution >= 0.6 is 12.2 Å². The number of rotatable bonds is 3. The van der Waals surface area contributed by atoms with Gasteiger partial charge in [0.1, 0.15) is 4.64 Å². The summed E-state index contributed by atoms with van der Waals surface area (Å²) in [4.78, 5) is 17.8. The number of aromatic nitrogens is 1. The fourth-order valence-electron chi connectivity index (χ4n) is 3.78. The van der Waals surface area contributed by atoms with Gasteiger partial charge in [0.25, 0.3) is 0 Å². The molecule has 3 aliphatic rings. The summed E-state index contributed by atoms with van der Waals surface area (Å²) in [5.41, 5.74) is 1.26. The molecule has 4 heteroatoms. The van der Waals surface area contributed by atoms with Crippen molar-refractivity contribution < 1.29 is 9.63 Å². The molecule has 3 nitrogen and oxygen atoms in total. The number of carbonyl (C=O) groups excluding carboxylic acids is 1. The first-order chi connectivity index (χ1) is 10.1. The Morgan fingerprint density at radius 1 is 1.05 bits per heavy atom. The molecular weight excluding hydrogens is 282 g/mol. The minimum absolute atomic E-state index is 0.150. The SMILES string of the molecule is O=C(On1ccccc1=S)C12CC(c3ccccc3)(C1)C2. The molecule has 0 radical (unpaired) electrons. The molecule has 1 aromatic heterocycles. The molecule has 1 aromatic carbocycles. The van der Waals surface area contributed by atoms with E-state index in [2.05, 4.69) is 24.3 Å². The van der Waals surface area contributed by atoms with Crippen LogP contribution in [0, 0.1) is 10.1 Å². The van der Waals surface area contributed by atoms with Crippen LogP contribution in [0.25, 0.3) is 0 Å². The molecule has 5 rings (SSSR count). The van der Waals surface area contributed by atoms with Crippen molar-refractivity contribution >= 4 is 18.2 Å². The van der Waals surface area contributed by atoms with E-state index in [0.29, 0.717) is 4.64 Å². The normalized spacial score (nSPS) is 29.1. The fourth-order valence-corrected chi connectivity index (χ4v) is 3.95. The van der Waals surface area contributed by atoms with Crippen molar-refractivity contribution in [2.45, 2.75) is 24.7 Å². The van der Waals surface area contributed by atoms with Gasteiger partial charge < -0.3 is 4.84 Å². The van der Waals surface area contributed by atoms with E-state index in [4.69, 9.17) is 17.1 Å². The zero-order valence-corrected chi connectivity index (χ0v) is 12.3. The summed E-state index contributed by atoms with van der Waals surface area (Å²) in [6, 6.07) is 15.8. The number of carbonyl (C=O) groups is 1. The summed E-state index contributed by atoms with van der Waals surface area (Å²) < 4.78 is 1.89. The van der Waals surface area contributed by atoms with Crippen molar-refractivity contribution in [1.82, 2.24) is 4.73 Å². The summed E-state index contributed by atoms with van der Waals surface area (Å²) in [5, 5.41) is 0. The Labute approximate surface area is 128 Å². The highest BCUT2D eigenvalue weighted by Crippen LogP contribution is 2.73. The van der Waals surface area contributed by atoms with Crippen LogP contribution in [-0.2, 0) is 10.2 Å². The van der Waals surface area contributed by atoms with Crippen molar-refractivity contribution in [2.24, 2.45) is 5.41 Å². The van der Waals surface area contributed by atoms with E-state index in [1.54, 1.807) is 18.3 Å². The predicted molar refractivity (Wildman–Crippen MR) is 81.3 cm³/mol. The summed E-state index contributed by atoms with van der Waals surface area (Å²) >= 11 is 5.14. The summed E-state index contributed by atoms with van der Waals surface area (Å²) in [6.07, 6.45) is 4.35. The lowest BCUT2D eigenvalue weighted by atomic mass is 9.33. The molecule has 0 amide bonds. The quantitative estimate of drug-likeness (QED) is 0.815. The van der Waals surface area contributed by atoms with E-state index >= 15 is 0 Å². The van der Waals surface area contributed by atoms with Gasteiger partial charge in [-0.15, -0.1) is 0 Å². The van der Waals surface area contributed by atoms with Crippen molar-refractivity contribution in [3.8, 4) is 0 Å². The highest BCUT2D eigenvalue weighted by atomic mass is 32.1. The van der Waals surface area contributed by atoms with Crippen LogP contribution in [0.1, 0.15) is 24.8 Å². The maximum Gasteiger partial charge on any atom is 0.339 e. The Morgan fingerprint density at radius 2 is 1.71 bits per heavy atom. The van der Waals surface area contributed by atoms with Crippen molar-refractivity contribution in [3.05, 3.63) is 64.9 Å². The molecule has 0 spiro atoms. The Balaban J connectivity index is 1.48. The maximum absolute atomic E-state index is 12.4. The molecule has 0 unspecified atom stereocenters. The van der Waals surface area contributed by atoms with Gasteiger partial charge in [-0.3, -0.25) is 0 Å². The van der Waals surface area contributed by atoms with Gasteiger partial charge in [-0.2, -0.15) is 4.73 Å². The molecule has 106 valence electrons. The van der Waals surface area contributed by atoms with E-state index in [1.165, 1.54) is 10.3 Å². The number of benzene rings is 1. The Hall–Kier alpha value is -1.94. The number of nitrogens with zero attached hydrogens (tertiary/aromatic N) is 1. The third-order valence-corrected chi connectivity index (χ3v) is 5.14. The summed E-state index contributed by atoms with van der Waals surface area (Å²) in [6.45, 7) is 0. The van der Waals surface area contributed by atoms with Crippen LogP contribution in [0.5, 0.6) is 0 Å². The zero-order valence-electron chi connectivity index (χ0n) is 11.5. The molecule has 2 aromatic rings. The first-order valence-corrected chi connectivity index (χ1v) is 7.51. The highest BCUT2D eigenvalue weighted by Gasteiger charge is 2.73. The van der Waals surface area contributed by atoms with Crippen molar-refractivity contribution in [1.29, 1.82) is 0 Å². The van der Waals surface area contributed by atoms with E-state index in [-0.39, 0.29) is 16.8 Å². The van der Waals surface area contributed by atoms with Gasteiger partial charge in [0.05, 0.1) is 5.41 Å². The van der Waals surface area contributed by atoms with Crippen LogP contribution in [0.2, 0.25) is 0 Å². The summed E-state index contributed by atoms with van der Waals surface area (Å²) in [7, 11) is 0. The van der Waals surface area contributed by atoms with Crippen LogP contribution < -0.4 is 4.84 Å². The molecule has 2 bridgehead atoms. The number of hydrogen-bond acceptors (Lipinski definition) is 3. The molecule has 1 heterocycles. The molecule has 0 saturated heterocycles. The molecule has 3 fully saturated rings. The lowest BCUT2D eigenvalue weighted by Crippen LogP contribution is -2.69. The number of hydrogen-bond donors (Lipinski definition) is 0. The van der Waals surface area contributed by atoms with Gasteiger partial charge in [0, 0.05) is 6.20 Å². The predicted octanol–water partition coefficient (Wildman–Crippen LogP) is 3.29. The standard InChI is InChI=1S/C17H15NO2S/c19-15(20-18-9-5-4-8-14(18)21)17-10-16(11-17,12-17)13-6-2-1-3-7-13/h1-9H,10-12H2. The Kier molecular flexibility index (Phi) is 2.60. The van der Waals surface area contributed by atoms with Crippen LogP contribution in [0.15, 0.2) is 54.7 Å². The first-order valence-electron chi connectivity index (χ1n) is 7.10. The lowest BCUT2D eigenvalue weighted by Gasteiger charge is -2.68. The van der Waals surface area contributed by atoms with E-state index in [1.807, 2.05) is 12.1 Å². The second kappa shape index (κ2) is 4.28. The lowest BCUT2D eigenvalue weighted by molar-refractivity contribution is -0.201. The zero-order chi connectivity index (χ0) is 14.5. The van der Waals surface area contributed by atoms with Crippen LogP contribution in [-0.4, -0.2) is 10.7 Å². The molecule has 3 saturated carbocycles. The second-order valence-electron chi connectivity index (χ2n) is 6.20. The molecule has 0 aliphatic heterocycles. The van der Waals surface area contributed by atoms with Crippen molar-refractivity contribution in [2.75, 3.05) is 0 Å². The largest absolute Gasteiger partial charge is 0.339 e. The van der Waals surface area contributed by atoms with Crippen LogP contribution in [0.3, 0.4) is 0 Å². The van der Waals surface area contributed by atoms with Gasteiger partial charge >= 0.3 is 5.97 Å². The van der Waals surface area contributed by atoms with Gasteiger partial charge in [-0.05, 0) is 42.4 Å². The minimum atomic E-state index is -0.291. The minimum Gasteiger partial charge on any atom is -0.335 e. The molecule has 0 atom stereocenters. The topological polar surface area (TPSA) is 31.2 Å². The van der Waals surface area contributed by atoms with Gasteiger partial charge in [0.15, 0.2) is 0 Å². The van der Waals surface area contributed by atoms with Crippen LogP contribution in [0.4, 0.5) is 0 Å². The highest BCUT2D eigenvalue weighted by molar-refractivity contribution is 7.71. The fraction of sp³-hybridized carbons (Fsp3) is 0.294. The van der Waals surface area contributed by atoms with Gasteiger partial charge in [-0.25, -0.2) is 4.79 Å². The smallest absolute Gasteiger partial charge is 0.335 e. The van der Waals surface area contributed by atoms with Crippen molar-refractivity contribution in [3.63, 3.8) is 0 Å². The van der Waals surface area contributed by atoms with Gasteiger partial charge in [0.2, 0.25) is 0 Å². The monoisotopic (exact) mass is 297 g/mol. The summed E-state index contributed by atoms with van der Waals surface area (Å²) in [5.74, 6) is -0.150. The Bertz CT molecular complexity index is 746. The Morgan fingerprint density at radius 3 is 2.38 bits per heavy atom. The molecule has 3 aliphatic carbocycles. The average Bonchev–Trinajstić information content (AvgIpc) is 2.40. The van der Waals surface area contributed by atoms with E-state index in [9.17, 15) is 4.79 Å². The number of pyridine rings is 1. The third-order valence-electron chi connectivity index (χ3n) is 4.82. The molecular formula is C17H15NO2S. The average molecular weight is 297 g/mol. The molecule has 21 heavy (non-hydrogen) atoms. The maximum atomic E-state index is 12.4. The van der Waals surface area contributed by atoms with E-state index in [0.717, 1.165) is 19.3 Å². The molecule has 0 N–H and O–H groups in total. The third kappa shape index (κ3) is 1.79. The second-order valence-corrected chi connectivity index (χ2v) is 6.62. The van der Waals surface area contributed by atoms with Gasteiger partial charge in [-0.1, -0.05) is 48.6 Å². The first kappa shape index (κ1) is 12.8.